The molecule has 18 heavy (non-hydrogen) atoms. The predicted octanol–water partition coefficient (Wildman–Crippen LogP) is 3.81. The van der Waals surface area contributed by atoms with Gasteiger partial charge in [-0.3, -0.25) is 0 Å². The van der Waals surface area contributed by atoms with Gasteiger partial charge in [0.05, 0.1) is 6.10 Å². The molecule has 0 radical (unpaired) electrons. The summed E-state index contributed by atoms with van der Waals surface area (Å²) in [6, 6.07) is 8.59. The van der Waals surface area contributed by atoms with Gasteiger partial charge in [0.25, 0.3) is 0 Å². The summed E-state index contributed by atoms with van der Waals surface area (Å²) in [5, 5.41) is 4.30. The van der Waals surface area contributed by atoms with Gasteiger partial charge in [0, 0.05) is 30.1 Å². The summed E-state index contributed by atoms with van der Waals surface area (Å²) in [5.74, 6) is 0.558. The molecule has 1 fully saturated rings. The highest BCUT2D eigenvalue weighted by Crippen LogP contribution is 2.33. The molecule has 2 unspecified atom stereocenters. The summed E-state index contributed by atoms with van der Waals surface area (Å²) >= 11 is 5.94. The minimum Gasteiger partial charge on any atom is -0.373 e. The van der Waals surface area contributed by atoms with E-state index in [9.17, 15) is 0 Å². The lowest BCUT2D eigenvalue weighted by Crippen LogP contribution is -2.35. The molecule has 0 amide bonds. The van der Waals surface area contributed by atoms with Gasteiger partial charge in [-0.1, -0.05) is 37.6 Å². The zero-order valence-corrected chi connectivity index (χ0v) is 11.9. The zero-order valence-electron chi connectivity index (χ0n) is 11.2. The van der Waals surface area contributed by atoms with Crippen LogP contribution >= 0.6 is 11.6 Å². The van der Waals surface area contributed by atoms with Crippen molar-refractivity contribution in [1.82, 2.24) is 5.32 Å². The maximum atomic E-state index is 5.97. The van der Waals surface area contributed by atoms with Crippen LogP contribution in [-0.2, 0) is 4.74 Å². The zero-order chi connectivity index (χ0) is 13.0. The standard InChI is InChI=1S/C15H22ClNO/c1-11(2)17-10-13-4-3-9-18-15(13)12-5-7-14(16)8-6-12/h5-8,11,13,15,17H,3-4,9-10H2,1-2H3. The lowest BCUT2D eigenvalue weighted by atomic mass is 9.89. The van der Waals surface area contributed by atoms with E-state index in [1.165, 1.54) is 12.0 Å². The van der Waals surface area contributed by atoms with Gasteiger partial charge in [0.1, 0.15) is 0 Å². The molecule has 1 N–H and O–H groups in total. The molecule has 1 aromatic rings. The van der Waals surface area contributed by atoms with Crippen LogP contribution in [0.1, 0.15) is 38.4 Å². The molecule has 0 aliphatic carbocycles. The Morgan fingerprint density at radius 1 is 1.33 bits per heavy atom. The average Bonchev–Trinajstić information content (AvgIpc) is 2.38. The maximum Gasteiger partial charge on any atom is 0.0865 e. The molecular weight excluding hydrogens is 246 g/mol. The van der Waals surface area contributed by atoms with Crippen LogP contribution in [0.2, 0.25) is 5.02 Å². The highest BCUT2D eigenvalue weighted by atomic mass is 35.5. The SMILES string of the molecule is CC(C)NCC1CCCOC1c1ccc(Cl)cc1. The number of hydrogen-bond donors (Lipinski definition) is 1. The van der Waals surface area contributed by atoms with Gasteiger partial charge in [-0.15, -0.1) is 0 Å². The van der Waals surface area contributed by atoms with Crippen LogP contribution in [0.15, 0.2) is 24.3 Å². The minimum atomic E-state index is 0.210. The first kappa shape index (κ1) is 13.9. The Kier molecular flexibility index (Phi) is 5.04. The molecule has 0 spiro atoms. The van der Waals surface area contributed by atoms with E-state index in [1.807, 2.05) is 12.1 Å². The van der Waals surface area contributed by atoms with Gasteiger partial charge in [-0.25, -0.2) is 0 Å². The molecule has 0 bridgehead atoms. The lowest BCUT2D eigenvalue weighted by Gasteiger charge is -2.33. The predicted molar refractivity (Wildman–Crippen MR) is 76.0 cm³/mol. The third-order valence-corrected chi connectivity index (χ3v) is 3.68. The van der Waals surface area contributed by atoms with Crippen molar-refractivity contribution in [1.29, 1.82) is 0 Å². The summed E-state index contributed by atoms with van der Waals surface area (Å²) in [4.78, 5) is 0. The molecule has 1 aliphatic rings. The Labute approximate surface area is 115 Å². The third kappa shape index (κ3) is 3.71. The summed E-state index contributed by atoms with van der Waals surface area (Å²) in [6.45, 7) is 6.25. The Balaban J connectivity index is 2.05. The van der Waals surface area contributed by atoms with E-state index in [-0.39, 0.29) is 6.10 Å². The lowest BCUT2D eigenvalue weighted by molar-refractivity contribution is -0.0282. The third-order valence-electron chi connectivity index (χ3n) is 3.43. The quantitative estimate of drug-likeness (QED) is 0.896. The van der Waals surface area contributed by atoms with Crippen molar-refractivity contribution >= 4 is 11.6 Å². The summed E-state index contributed by atoms with van der Waals surface area (Å²) in [6.07, 6.45) is 2.60. The second-order valence-corrected chi connectivity index (χ2v) is 5.74. The molecular formula is C15H22ClNO. The number of nitrogens with one attached hydrogen (secondary N) is 1. The van der Waals surface area contributed by atoms with E-state index in [4.69, 9.17) is 16.3 Å². The molecule has 1 saturated heterocycles. The van der Waals surface area contributed by atoms with Crippen molar-refractivity contribution in [3.05, 3.63) is 34.9 Å². The van der Waals surface area contributed by atoms with E-state index < -0.39 is 0 Å². The minimum absolute atomic E-state index is 0.210. The molecule has 3 heteroatoms. The van der Waals surface area contributed by atoms with E-state index in [2.05, 4.69) is 31.3 Å². The van der Waals surface area contributed by atoms with Crippen LogP contribution < -0.4 is 5.32 Å². The van der Waals surface area contributed by atoms with Crippen LogP contribution in [0.4, 0.5) is 0 Å². The maximum absolute atomic E-state index is 5.97. The second kappa shape index (κ2) is 6.55. The van der Waals surface area contributed by atoms with Crippen LogP contribution in [-0.4, -0.2) is 19.2 Å². The smallest absolute Gasteiger partial charge is 0.0865 e. The Hall–Kier alpha value is -0.570. The van der Waals surface area contributed by atoms with E-state index in [1.54, 1.807) is 0 Å². The summed E-state index contributed by atoms with van der Waals surface area (Å²) in [7, 11) is 0. The molecule has 2 rings (SSSR count). The van der Waals surface area contributed by atoms with Gasteiger partial charge in [0.15, 0.2) is 0 Å². The highest BCUT2D eigenvalue weighted by molar-refractivity contribution is 6.30. The Morgan fingerprint density at radius 2 is 2.06 bits per heavy atom. The molecule has 1 aliphatic heterocycles. The van der Waals surface area contributed by atoms with E-state index in [0.29, 0.717) is 12.0 Å². The molecule has 100 valence electrons. The van der Waals surface area contributed by atoms with Gasteiger partial charge < -0.3 is 10.1 Å². The van der Waals surface area contributed by atoms with Gasteiger partial charge >= 0.3 is 0 Å². The average molecular weight is 268 g/mol. The van der Waals surface area contributed by atoms with Crippen molar-refractivity contribution in [2.24, 2.45) is 5.92 Å². The summed E-state index contributed by atoms with van der Waals surface area (Å²) in [5.41, 5.74) is 1.25. The first-order valence-corrected chi connectivity index (χ1v) is 7.15. The van der Waals surface area contributed by atoms with Crippen molar-refractivity contribution in [3.63, 3.8) is 0 Å². The number of rotatable bonds is 4. The fourth-order valence-corrected chi connectivity index (χ4v) is 2.59. The van der Waals surface area contributed by atoms with Crippen molar-refractivity contribution < 1.29 is 4.74 Å². The number of halogens is 1. The largest absolute Gasteiger partial charge is 0.373 e. The fourth-order valence-electron chi connectivity index (χ4n) is 2.46. The first-order valence-electron chi connectivity index (χ1n) is 6.77. The Morgan fingerprint density at radius 3 is 2.72 bits per heavy atom. The van der Waals surface area contributed by atoms with Crippen molar-refractivity contribution in [2.75, 3.05) is 13.2 Å². The normalized spacial score (nSPS) is 24.4. The van der Waals surface area contributed by atoms with Crippen LogP contribution in [0, 0.1) is 5.92 Å². The van der Waals surface area contributed by atoms with Crippen LogP contribution in [0.5, 0.6) is 0 Å². The molecule has 2 nitrogen and oxygen atoms in total. The first-order chi connectivity index (χ1) is 8.66. The topological polar surface area (TPSA) is 21.3 Å². The highest BCUT2D eigenvalue weighted by Gasteiger charge is 2.27. The number of hydrogen-bond acceptors (Lipinski definition) is 2. The second-order valence-electron chi connectivity index (χ2n) is 5.31. The molecule has 1 heterocycles. The monoisotopic (exact) mass is 267 g/mol. The number of benzene rings is 1. The van der Waals surface area contributed by atoms with Gasteiger partial charge in [-0.2, -0.15) is 0 Å². The fraction of sp³-hybridized carbons (Fsp3) is 0.600. The molecule has 0 aromatic heterocycles. The number of ether oxygens (including phenoxy) is 1. The summed E-state index contributed by atoms with van der Waals surface area (Å²) < 4.78 is 5.97. The molecule has 1 aromatic carbocycles. The van der Waals surface area contributed by atoms with Crippen molar-refractivity contribution in [3.8, 4) is 0 Å². The molecule has 2 atom stereocenters. The van der Waals surface area contributed by atoms with Gasteiger partial charge in [0.2, 0.25) is 0 Å². The van der Waals surface area contributed by atoms with Crippen LogP contribution in [0.25, 0.3) is 0 Å². The van der Waals surface area contributed by atoms with Crippen LogP contribution in [0.3, 0.4) is 0 Å². The van der Waals surface area contributed by atoms with Gasteiger partial charge in [-0.05, 0) is 30.5 Å². The Bertz CT molecular complexity index is 363. The van der Waals surface area contributed by atoms with Crippen molar-refractivity contribution in [2.45, 2.75) is 38.8 Å². The molecule has 0 saturated carbocycles. The van der Waals surface area contributed by atoms with E-state index in [0.717, 1.165) is 24.6 Å². The van der Waals surface area contributed by atoms with E-state index >= 15 is 0 Å².